The highest BCUT2D eigenvalue weighted by Gasteiger charge is 2.28. The van der Waals surface area contributed by atoms with Gasteiger partial charge in [-0.05, 0) is 18.9 Å². The second kappa shape index (κ2) is 8.55. The van der Waals surface area contributed by atoms with Crippen molar-refractivity contribution < 1.29 is 27.4 Å². The summed E-state index contributed by atoms with van der Waals surface area (Å²) in [6.07, 6.45) is 1.80. The van der Waals surface area contributed by atoms with Crippen LogP contribution in [0.4, 0.5) is 19.0 Å². The Kier molecular flexibility index (Phi) is 5.85. The molecule has 0 aliphatic carbocycles. The first-order valence-corrected chi connectivity index (χ1v) is 9.75. The van der Waals surface area contributed by atoms with Crippen LogP contribution in [0.15, 0.2) is 18.5 Å². The van der Waals surface area contributed by atoms with Crippen molar-refractivity contribution in [1.82, 2.24) is 15.0 Å². The number of hydrogen-bond donors (Lipinski definition) is 0. The van der Waals surface area contributed by atoms with Crippen molar-refractivity contribution in [3.8, 4) is 17.1 Å². The number of carbonyl (C=O) groups excluding carboxylic acids is 1. The van der Waals surface area contributed by atoms with Crippen molar-refractivity contribution in [2.45, 2.75) is 32.0 Å². The lowest BCUT2D eigenvalue weighted by atomic mass is 9.98. The van der Waals surface area contributed by atoms with Gasteiger partial charge in [0.1, 0.15) is 18.6 Å². The number of carbonyl (C=O) groups is 1. The van der Waals surface area contributed by atoms with Gasteiger partial charge in [-0.25, -0.2) is 9.97 Å². The van der Waals surface area contributed by atoms with Gasteiger partial charge in [0.15, 0.2) is 5.82 Å². The van der Waals surface area contributed by atoms with E-state index in [0.29, 0.717) is 55.6 Å². The number of aromatic nitrogens is 3. The highest BCUT2D eigenvalue weighted by atomic mass is 19.4. The van der Waals surface area contributed by atoms with Crippen molar-refractivity contribution in [2.24, 2.45) is 5.92 Å². The van der Waals surface area contributed by atoms with Crippen molar-refractivity contribution >= 4 is 12.1 Å². The van der Waals surface area contributed by atoms with Crippen LogP contribution in [0.5, 0.6) is 5.88 Å². The molecule has 2 aliphatic rings. The van der Waals surface area contributed by atoms with E-state index >= 15 is 0 Å². The fraction of sp³-hybridized carbons (Fsp3) is 0.500. The van der Waals surface area contributed by atoms with E-state index < -0.39 is 12.8 Å². The van der Waals surface area contributed by atoms with Gasteiger partial charge in [0, 0.05) is 42.8 Å². The van der Waals surface area contributed by atoms with E-state index in [1.165, 1.54) is 6.20 Å². The Morgan fingerprint density at radius 2 is 2.03 bits per heavy atom. The minimum Gasteiger partial charge on any atom is -0.477 e. The Labute approximate surface area is 171 Å². The van der Waals surface area contributed by atoms with Crippen LogP contribution in [-0.4, -0.2) is 53.7 Å². The molecule has 0 aromatic carbocycles. The van der Waals surface area contributed by atoms with Gasteiger partial charge >= 0.3 is 6.18 Å². The molecule has 30 heavy (non-hydrogen) atoms. The average Bonchev–Trinajstić information content (AvgIpc) is 3.21. The number of fused-ring (bicyclic) bond motifs is 1. The van der Waals surface area contributed by atoms with Crippen LogP contribution in [0.1, 0.15) is 24.1 Å². The third-order valence-corrected chi connectivity index (χ3v) is 5.16. The fourth-order valence-electron chi connectivity index (χ4n) is 3.62. The van der Waals surface area contributed by atoms with Gasteiger partial charge in [-0.3, -0.25) is 4.98 Å². The highest BCUT2D eigenvalue weighted by Crippen LogP contribution is 2.33. The van der Waals surface area contributed by atoms with Crippen LogP contribution in [-0.2, 0) is 22.6 Å². The van der Waals surface area contributed by atoms with E-state index in [1.54, 1.807) is 6.20 Å². The molecule has 160 valence electrons. The van der Waals surface area contributed by atoms with E-state index in [2.05, 4.69) is 15.0 Å². The van der Waals surface area contributed by atoms with Gasteiger partial charge in [0.2, 0.25) is 5.88 Å². The van der Waals surface area contributed by atoms with Gasteiger partial charge in [0.25, 0.3) is 0 Å². The molecule has 0 saturated carbocycles. The third-order valence-electron chi connectivity index (χ3n) is 5.16. The molecular weight excluding hydrogens is 401 g/mol. The van der Waals surface area contributed by atoms with Crippen molar-refractivity contribution in [3.05, 3.63) is 29.7 Å². The second-order valence-electron chi connectivity index (χ2n) is 7.39. The molecule has 0 radical (unpaired) electrons. The van der Waals surface area contributed by atoms with Crippen LogP contribution >= 0.6 is 0 Å². The summed E-state index contributed by atoms with van der Waals surface area (Å²) in [5.41, 5.74) is 2.66. The summed E-state index contributed by atoms with van der Waals surface area (Å²) in [6.45, 7) is 0.171. The molecule has 2 aliphatic heterocycles. The molecule has 10 heteroatoms. The molecule has 7 nitrogen and oxygen atoms in total. The quantitative estimate of drug-likeness (QED) is 0.663. The van der Waals surface area contributed by atoms with Crippen molar-refractivity contribution in [1.29, 1.82) is 0 Å². The zero-order valence-corrected chi connectivity index (χ0v) is 16.2. The monoisotopic (exact) mass is 422 g/mol. The molecule has 4 rings (SSSR count). The Bertz CT molecular complexity index is 915. The first kappa shape index (κ1) is 20.5. The summed E-state index contributed by atoms with van der Waals surface area (Å²) in [5.74, 6) is 1.18. The lowest BCUT2D eigenvalue weighted by Gasteiger charge is -2.31. The summed E-state index contributed by atoms with van der Waals surface area (Å²) in [6, 6.07) is 1.96. The molecule has 2 aromatic rings. The van der Waals surface area contributed by atoms with E-state index in [9.17, 15) is 18.0 Å². The number of ether oxygens (including phenoxy) is 2. The summed E-state index contributed by atoms with van der Waals surface area (Å²) in [5, 5.41) is 0. The summed E-state index contributed by atoms with van der Waals surface area (Å²) in [4.78, 5) is 26.5. The molecule has 0 atom stereocenters. The molecule has 0 amide bonds. The Morgan fingerprint density at radius 3 is 2.77 bits per heavy atom. The number of halogens is 3. The number of pyridine rings is 1. The lowest BCUT2D eigenvalue weighted by molar-refractivity contribution is -0.176. The smallest absolute Gasteiger partial charge is 0.411 e. The average molecular weight is 422 g/mol. The molecule has 4 heterocycles. The first-order valence-electron chi connectivity index (χ1n) is 9.75. The standard InChI is InChI=1S/C20H21F3N4O3/c21-20(22,23)12-29-11-16-9-24-17(15-7-14-3-6-30-19(14)25-8-15)18(26-16)27-4-1-13(10-28)2-5-27/h7-10,13H,1-6,11-12H2. The van der Waals surface area contributed by atoms with Crippen LogP contribution < -0.4 is 9.64 Å². The van der Waals surface area contributed by atoms with Crippen LogP contribution in [0.25, 0.3) is 11.3 Å². The number of piperidine rings is 1. The first-order chi connectivity index (χ1) is 14.4. The van der Waals surface area contributed by atoms with Crippen molar-refractivity contribution in [3.63, 3.8) is 0 Å². The van der Waals surface area contributed by atoms with Gasteiger partial charge in [-0.15, -0.1) is 0 Å². The topological polar surface area (TPSA) is 77.4 Å². The summed E-state index contributed by atoms with van der Waals surface area (Å²) < 4.78 is 47.3. The summed E-state index contributed by atoms with van der Waals surface area (Å²) >= 11 is 0. The zero-order valence-electron chi connectivity index (χ0n) is 16.2. The maximum atomic E-state index is 12.4. The van der Waals surface area contributed by atoms with E-state index in [0.717, 1.165) is 23.8 Å². The largest absolute Gasteiger partial charge is 0.477 e. The molecule has 1 saturated heterocycles. The predicted molar refractivity (Wildman–Crippen MR) is 101 cm³/mol. The Balaban J connectivity index is 1.62. The number of alkyl halides is 3. The minimum atomic E-state index is -4.40. The van der Waals surface area contributed by atoms with Crippen molar-refractivity contribution in [2.75, 3.05) is 31.2 Å². The number of hydrogen-bond acceptors (Lipinski definition) is 7. The molecule has 0 bridgehead atoms. The number of nitrogens with zero attached hydrogens (tertiary/aromatic N) is 4. The fourth-order valence-corrected chi connectivity index (χ4v) is 3.62. The number of aldehydes is 1. The van der Waals surface area contributed by atoms with E-state index in [4.69, 9.17) is 9.47 Å². The Hall–Kier alpha value is -2.75. The normalized spacial score (nSPS) is 17.0. The summed E-state index contributed by atoms with van der Waals surface area (Å²) in [7, 11) is 0. The van der Waals surface area contributed by atoms with Gasteiger partial charge in [-0.1, -0.05) is 0 Å². The zero-order chi connectivity index (χ0) is 21.1. The van der Waals surface area contributed by atoms with Crippen LogP contribution in [0.3, 0.4) is 0 Å². The maximum absolute atomic E-state index is 12.4. The number of anilines is 1. The second-order valence-corrected chi connectivity index (χ2v) is 7.39. The molecule has 0 N–H and O–H groups in total. The molecule has 1 fully saturated rings. The van der Waals surface area contributed by atoms with Gasteiger partial charge in [-0.2, -0.15) is 13.2 Å². The molecule has 2 aromatic heterocycles. The SMILES string of the molecule is O=CC1CCN(c2nc(COCC(F)(F)F)cnc2-c2cnc3c(c2)CCO3)CC1. The number of rotatable bonds is 6. The molecule has 0 spiro atoms. The molecular formula is C20H21F3N4O3. The lowest BCUT2D eigenvalue weighted by Crippen LogP contribution is -2.35. The van der Waals surface area contributed by atoms with E-state index in [1.807, 2.05) is 11.0 Å². The van der Waals surface area contributed by atoms with E-state index in [-0.39, 0.29) is 12.5 Å². The molecule has 0 unspecified atom stereocenters. The van der Waals surface area contributed by atoms with Crippen LogP contribution in [0.2, 0.25) is 0 Å². The Morgan fingerprint density at radius 1 is 1.23 bits per heavy atom. The predicted octanol–water partition coefficient (Wildman–Crippen LogP) is 2.97. The third kappa shape index (κ3) is 4.69. The van der Waals surface area contributed by atoms with Gasteiger partial charge in [0.05, 0.1) is 25.1 Å². The maximum Gasteiger partial charge on any atom is 0.411 e. The minimum absolute atomic E-state index is 0.00905. The van der Waals surface area contributed by atoms with Crippen LogP contribution in [0, 0.1) is 5.92 Å². The van der Waals surface area contributed by atoms with Gasteiger partial charge < -0.3 is 19.2 Å². The highest BCUT2D eigenvalue weighted by molar-refractivity contribution is 5.73.